The number of carbonyl (C=O) groups is 1. The van der Waals surface area contributed by atoms with Crippen molar-refractivity contribution in [2.24, 2.45) is 10.8 Å². The lowest BCUT2D eigenvalue weighted by Crippen LogP contribution is -2.30. The molecule has 2 rings (SSSR count). The van der Waals surface area contributed by atoms with Gasteiger partial charge in [0.25, 0.3) is 5.91 Å². The third-order valence-electron chi connectivity index (χ3n) is 4.53. The molecule has 1 saturated carbocycles. The van der Waals surface area contributed by atoms with Crippen molar-refractivity contribution in [3.63, 3.8) is 0 Å². The Labute approximate surface area is 113 Å². The second-order valence-corrected chi connectivity index (χ2v) is 6.50. The number of hydrogen-bond donors (Lipinski definition) is 2. The molecule has 0 saturated heterocycles. The fraction of sp³-hybridized carbons (Fsp3) is 0.500. The Hall–Kier alpha value is -1.22. The molecule has 1 aliphatic rings. The number of carbonyl (C=O) groups excluding carboxylic acids is 1. The van der Waals surface area contributed by atoms with E-state index in [9.17, 15) is 4.79 Å². The van der Waals surface area contributed by atoms with Crippen LogP contribution >= 0.6 is 11.6 Å². The van der Waals surface area contributed by atoms with E-state index >= 15 is 0 Å². The zero-order valence-corrected chi connectivity index (χ0v) is 11.9. The second kappa shape index (κ2) is 3.89. The number of rotatable bonds is 2. The average molecular weight is 267 g/mol. The molecule has 0 aromatic heterocycles. The summed E-state index contributed by atoms with van der Waals surface area (Å²) in [6, 6.07) is 5.11. The molecule has 3 N–H and O–H groups in total. The van der Waals surface area contributed by atoms with E-state index in [1.807, 2.05) is 0 Å². The summed E-state index contributed by atoms with van der Waals surface area (Å²) in [6.07, 6.45) is 0. The average Bonchev–Trinajstić information content (AvgIpc) is 2.64. The van der Waals surface area contributed by atoms with E-state index in [2.05, 4.69) is 33.0 Å². The standard InChI is InChI=1S/C14H19ClN2O/c1-13(2)12(14(13,3)4)17-11(18)9-7-8(16)5-6-10(9)15/h5-7,12H,16H2,1-4H3,(H,17,18). The van der Waals surface area contributed by atoms with Crippen LogP contribution in [0.3, 0.4) is 0 Å². The number of anilines is 1. The molecule has 0 heterocycles. The molecule has 0 radical (unpaired) electrons. The molecule has 3 nitrogen and oxygen atoms in total. The van der Waals surface area contributed by atoms with Crippen LogP contribution in [0.4, 0.5) is 5.69 Å². The highest BCUT2D eigenvalue weighted by molar-refractivity contribution is 6.34. The van der Waals surface area contributed by atoms with Gasteiger partial charge >= 0.3 is 0 Å². The summed E-state index contributed by atoms with van der Waals surface area (Å²) in [5.74, 6) is -0.157. The predicted molar refractivity (Wildman–Crippen MR) is 74.7 cm³/mol. The number of nitrogen functional groups attached to an aromatic ring is 1. The van der Waals surface area contributed by atoms with Crippen molar-refractivity contribution >= 4 is 23.2 Å². The van der Waals surface area contributed by atoms with E-state index in [1.54, 1.807) is 18.2 Å². The maximum atomic E-state index is 12.2. The smallest absolute Gasteiger partial charge is 0.253 e. The number of hydrogen-bond acceptors (Lipinski definition) is 2. The Morgan fingerprint density at radius 2 is 1.83 bits per heavy atom. The molecule has 1 aromatic rings. The van der Waals surface area contributed by atoms with Crippen LogP contribution in [0, 0.1) is 10.8 Å². The van der Waals surface area contributed by atoms with E-state index in [0.717, 1.165) is 0 Å². The zero-order chi connectivity index (χ0) is 13.7. The Kier molecular flexibility index (Phi) is 2.85. The highest BCUT2D eigenvalue weighted by Crippen LogP contribution is 2.62. The normalized spacial score (nSPS) is 20.5. The third-order valence-corrected chi connectivity index (χ3v) is 4.86. The van der Waals surface area contributed by atoms with E-state index in [1.165, 1.54) is 0 Å². The van der Waals surface area contributed by atoms with Gasteiger partial charge in [-0.25, -0.2) is 0 Å². The van der Waals surface area contributed by atoms with Gasteiger partial charge in [0.05, 0.1) is 10.6 Å². The van der Waals surface area contributed by atoms with Crippen molar-refractivity contribution in [2.45, 2.75) is 33.7 Å². The first kappa shape index (κ1) is 13.2. The Balaban J connectivity index is 2.17. The molecule has 1 aromatic carbocycles. The molecule has 1 fully saturated rings. The van der Waals surface area contributed by atoms with Crippen LogP contribution in [0.5, 0.6) is 0 Å². The summed E-state index contributed by atoms with van der Waals surface area (Å²) in [4.78, 5) is 12.2. The van der Waals surface area contributed by atoms with Gasteiger partial charge in [0.2, 0.25) is 0 Å². The molecule has 0 unspecified atom stereocenters. The fourth-order valence-electron chi connectivity index (χ4n) is 2.48. The van der Waals surface area contributed by atoms with Crippen molar-refractivity contribution in [3.05, 3.63) is 28.8 Å². The van der Waals surface area contributed by atoms with Gasteiger partial charge in [-0.3, -0.25) is 4.79 Å². The van der Waals surface area contributed by atoms with E-state index in [-0.39, 0.29) is 22.8 Å². The SMILES string of the molecule is CC1(C)C(NC(=O)c2cc(N)ccc2Cl)C1(C)C. The van der Waals surface area contributed by atoms with Gasteiger partial charge in [0.1, 0.15) is 0 Å². The first-order valence-corrected chi connectivity index (χ1v) is 6.41. The molecule has 0 atom stereocenters. The molecule has 0 bridgehead atoms. The minimum Gasteiger partial charge on any atom is -0.399 e. The van der Waals surface area contributed by atoms with Crippen molar-refractivity contribution in [2.75, 3.05) is 5.73 Å². The maximum Gasteiger partial charge on any atom is 0.253 e. The summed E-state index contributed by atoms with van der Waals surface area (Å²) in [5, 5.41) is 3.47. The van der Waals surface area contributed by atoms with Crippen molar-refractivity contribution in [1.29, 1.82) is 0 Å². The lowest BCUT2D eigenvalue weighted by atomic mass is 10.0. The molecule has 4 heteroatoms. The van der Waals surface area contributed by atoms with E-state index < -0.39 is 0 Å². The maximum absolute atomic E-state index is 12.2. The molecule has 98 valence electrons. The van der Waals surface area contributed by atoms with Crippen LogP contribution in [0.15, 0.2) is 18.2 Å². The van der Waals surface area contributed by atoms with Crippen LogP contribution in [0.1, 0.15) is 38.1 Å². The fourth-order valence-corrected chi connectivity index (χ4v) is 2.69. The molecule has 1 amide bonds. The van der Waals surface area contributed by atoms with Crippen LogP contribution in [-0.2, 0) is 0 Å². The van der Waals surface area contributed by atoms with Gasteiger partial charge in [0.15, 0.2) is 0 Å². The minimum absolute atomic E-state index is 0.107. The number of nitrogens with one attached hydrogen (secondary N) is 1. The summed E-state index contributed by atoms with van der Waals surface area (Å²) >= 11 is 6.02. The minimum atomic E-state index is -0.157. The van der Waals surface area contributed by atoms with E-state index in [0.29, 0.717) is 16.3 Å². The van der Waals surface area contributed by atoms with Crippen molar-refractivity contribution < 1.29 is 4.79 Å². The van der Waals surface area contributed by atoms with Crippen molar-refractivity contribution in [3.8, 4) is 0 Å². The Morgan fingerprint density at radius 3 is 2.33 bits per heavy atom. The number of amides is 1. The Morgan fingerprint density at radius 1 is 1.28 bits per heavy atom. The summed E-state index contributed by atoms with van der Waals surface area (Å²) in [7, 11) is 0. The highest BCUT2D eigenvalue weighted by Gasteiger charge is 2.65. The molecule has 1 aliphatic carbocycles. The molecule has 0 aliphatic heterocycles. The highest BCUT2D eigenvalue weighted by atomic mass is 35.5. The summed E-state index contributed by atoms with van der Waals surface area (Å²) < 4.78 is 0. The monoisotopic (exact) mass is 266 g/mol. The number of benzene rings is 1. The first-order chi connectivity index (χ1) is 8.18. The quantitative estimate of drug-likeness (QED) is 0.809. The molecular weight excluding hydrogens is 248 g/mol. The molecular formula is C14H19ClN2O. The third kappa shape index (κ3) is 1.87. The van der Waals surface area contributed by atoms with Crippen LogP contribution in [0.2, 0.25) is 5.02 Å². The lowest BCUT2D eigenvalue weighted by molar-refractivity contribution is 0.0944. The van der Waals surface area contributed by atoms with Crippen LogP contribution < -0.4 is 11.1 Å². The van der Waals surface area contributed by atoms with Crippen molar-refractivity contribution in [1.82, 2.24) is 5.32 Å². The number of nitrogens with two attached hydrogens (primary N) is 1. The largest absolute Gasteiger partial charge is 0.399 e. The van der Waals surface area contributed by atoms with Gasteiger partial charge in [-0.1, -0.05) is 39.3 Å². The van der Waals surface area contributed by atoms with Gasteiger partial charge in [0, 0.05) is 11.7 Å². The molecule has 18 heavy (non-hydrogen) atoms. The van der Waals surface area contributed by atoms with Gasteiger partial charge in [-0.2, -0.15) is 0 Å². The number of halogens is 1. The zero-order valence-electron chi connectivity index (χ0n) is 11.2. The Bertz CT molecular complexity index is 495. The topological polar surface area (TPSA) is 55.1 Å². The van der Waals surface area contributed by atoms with Gasteiger partial charge in [-0.15, -0.1) is 0 Å². The molecule has 0 spiro atoms. The van der Waals surface area contributed by atoms with E-state index in [4.69, 9.17) is 17.3 Å². The summed E-state index contributed by atoms with van der Waals surface area (Å²) in [5.41, 5.74) is 6.87. The second-order valence-electron chi connectivity index (χ2n) is 6.09. The summed E-state index contributed by atoms with van der Waals surface area (Å²) in [6.45, 7) is 8.61. The predicted octanol–water partition coefficient (Wildman–Crippen LogP) is 3.09. The first-order valence-electron chi connectivity index (χ1n) is 6.04. The van der Waals surface area contributed by atoms with Crippen LogP contribution in [-0.4, -0.2) is 11.9 Å². The van der Waals surface area contributed by atoms with Gasteiger partial charge < -0.3 is 11.1 Å². The lowest BCUT2D eigenvalue weighted by Gasteiger charge is -2.09. The van der Waals surface area contributed by atoms with Gasteiger partial charge in [-0.05, 0) is 29.0 Å². The van der Waals surface area contributed by atoms with Crippen LogP contribution in [0.25, 0.3) is 0 Å².